The van der Waals surface area contributed by atoms with E-state index in [1.165, 1.54) is 9.91 Å². The number of allylic oxidation sites excluding steroid dienone is 1. The van der Waals surface area contributed by atoms with Gasteiger partial charge in [0.1, 0.15) is 5.75 Å². The fourth-order valence-electron chi connectivity index (χ4n) is 3.73. The highest BCUT2D eigenvalue weighted by molar-refractivity contribution is 6.31. The van der Waals surface area contributed by atoms with Gasteiger partial charge in [0.25, 0.3) is 5.91 Å². The summed E-state index contributed by atoms with van der Waals surface area (Å²) < 4.78 is 19.7. The van der Waals surface area contributed by atoms with Crippen LogP contribution in [-0.4, -0.2) is 53.7 Å². The second kappa shape index (κ2) is 7.78. The number of halogens is 2. The van der Waals surface area contributed by atoms with Gasteiger partial charge in [0, 0.05) is 36.5 Å². The molecule has 1 aromatic carbocycles. The van der Waals surface area contributed by atoms with E-state index in [1.54, 1.807) is 26.2 Å². The number of likely N-dealkylation sites (tertiary alicyclic amines) is 1. The van der Waals surface area contributed by atoms with Crippen molar-refractivity contribution in [2.45, 2.75) is 38.6 Å². The van der Waals surface area contributed by atoms with Crippen LogP contribution in [0.1, 0.15) is 38.2 Å². The molecule has 0 bridgehead atoms. The molecule has 0 N–H and O–H groups in total. The van der Waals surface area contributed by atoms with Crippen LogP contribution in [0.3, 0.4) is 0 Å². The molecule has 0 atom stereocenters. The van der Waals surface area contributed by atoms with Gasteiger partial charge < -0.3 is 9.64 Å². The maximum atomic E-state index is 14.4. The molecule has 1 saturated heterocycles. The van der Waals surface area contributed by atoms with E-state index in [-0.39, 0.29) is 31.0 Å². The van der Waals surface area contributed by atoms with E-state index in [0.717, 1.165) is 24.1 Å². The van der Waals surface area contributed by atoms with Crippen LogP contribution >= 0.6 is 11.6 Å². The molecule has 4 rings (SSSR count). The van der Waals surface area contributed by atoms with Crippen LogP contribution in [0.2, 0.25) is 5.02 Å². The van der Waals surface area contributed by atoms with Crippen LogP contribution < -0.4 is 4.74 Å². The van der Waals surface area contributed by atoms with Gasteiger partial charge in [-0.25, -0.2) is 9.40 Å². The van der Waals surface area contributed by atoms with E-state index in [4.69, 9.17) is 16.3 Å². The van der Waals surface area contributed by atoms with Gasteiger partial charge in [-0.15, -0.1) is 0 Å². The minimum Gasteiger partial charge on any atom is -0.496 e. The van der Waals surface area contributed by atoms with Gasteiger partial charge in [0.15, 0.2) is 5.83 Å². The standard InChI is InChI=1S/C21H23ClFN3O3/c1-12(13-3-4-13)20(23)21(28)25-10-15(11-25)26-19(27)8-7-17(24-26)16-6-5-14(22)9-18(16)29-2/h5-6,9,13,15H,3-4,7-8,10-11H2,1-2H3/b20-12+. The average molecular weight is 420 g/mol. The minimum atomic E-state index is -0.647. The Morgan fingerprint density at radius 2 is 2.00 bits per heavy atom. The number of amides is 2. The number of hydrogen-bond donors (Lipinski definition) is 0. The fourth-order valence-corrected chi connectivity index (χ4v) is 3.89. The highest BCUT2D eigenvalue weighted by Gasteiger charge is 2.41. The molecule has 8 heteroatoms. The lowest BCUT2D eigenvalue weighted by molar-refractivity contribution is -0.145. The fraction of sp³-hybridized carbons (Fsp3) is 0.476. The molecule has 0 aromatic heterocycles. The molecule has 2 amide bonds. The Morgan fingerprint density at radius 1 is 1.28 bits per heavy atom. The summed E-state index contributed by atoms with van der Waals surface area (Å²) in [5.41, 5.74) is 2.07. The normalized spacial score (nSPS) is 20.8. The second-order valence-corrected chi connectivity index (χ2v) is 8.20. The monoisotopic (exact) mass is 419 g/mol. The average Bonchev–Trinajstić information content (AvgIpc) is 3.52. The number of benzene rings is 1. The zero-order chi connectivity index (χ0) is 20.7. The zero-order valence-electron chi connectivity index (χ0n) is 16.5. The summed E-state index contributed by atoms with van der Waals surface area (Å²) >= 11 is 6.03. The van der Waals surface area contributed by atoms with Crippen LogP contribution in [0.15, 0.2) is 34.7 Å². The minimum absolute atomic E-state index is 0.0936. The summed E-state index contributed by atoms with van der Waals surface area (Å²) in [6.07, 6.45) is 2.72. The molecular weight excluding hydrogens is 397 g/mol. The van der Waals surface area contributed by atoms with Crippen molar-refractivity contribution in [1.29, 1.82) is 0 Å². The first kappa shape index (κ1) is 19.9. The SMILES string of the molecule is COc1cc(Cl)ccc1C1=NN(C2CN(C(=O)/C(F)=C(/C)C3CC3)C2)C(=O)CC1. The van der Waals surface area contributed by atoms with Gasteiger partial charge in [-0.2, -0.15) is 5.10 Å². The molecular formula is C21H23ClFN3O3. The Hall–Kier alpha value is -2.41. The molecule has 0 spiro atoms. The maximum absolute atomic E-state index is 14.4. The first-order valence-electron chi connectivity index (χ1n) is 9.78. The molecule has 3 aliphatic rings. The van der Waals surface area contributed by atoms with Crippen LogP contribution in [0.25, 0.3) is 0 Å². The number of methoxy groups -OCH3 is 1. The summed E-state index contributed by atoms with van der Waals surface area (Å²) in [5.74, 6) is -0.520. The number of carbonyl (C=O) groups excluding carboxylic acids is 2. The van der Waals surface area contributed by atoms with E-state index in [0.29, 0.717) is 29.2 Å². The van der Waals surface area contributed by atoms with Gasteiger partial charge >= 0.3 is 0 Å². The molecule has 0 unspecified atom stereocenters. The molecule has 1 aromatic rings. The van der Waals surface area contributed by atoms with Crippen LogP contribution in [0.4, 0.5) is 4.39 Å². The third kappa shape index (κ3) is 3.88. The largest absolute Gasteiger partial charge is 0.496 e. The Labute approximate surface area is 173 Å². The molecule has 29 heavy (non-hydrogen) atoms. The summed E-state index contributed by atoms with van der Waals surface area (Å²) in [4.78, 5) is 26.2. The predicted molar refractivity (Wildman–Crippen MR) is 108 cm³/mol. The molecule has 2 aliphatic heterocycles. The van der Waals surface area contributed by atoms with Crippen molar-refractivity contribution < 1.29 is 18.7 Å². The third-order valence-corrected chi connectivity index (χ3v) is 5.99. The predicted octanol–water partition coefficient (Wildman–Crippen LogP) is 3.54. The van der Waals surface area contributed by atoms with Crippen molar-refractivity contribution >= 4 is 29.1 Å². The van der Waals surface area contributed by atoms with Gasteiger partial charge in [-0.1, -0.05) is 11.6 Å². The molecule has 6 nitrogen and oxygen atoms in total. The zero-order valence-corrected chi connectivity index (χ0v) is 17.2. The number of carbonyl (C=O) groups is 2. The highest BCUT2D eigenvalue weighted by Crippen LogP contribution is 2.38. The molecule has 1 saturated carbocycles. The number of nitrogens with zero attached hydrogens (tertiary/aromatic N) is 3. The lowest BCUT2D eigenvalue weighted by Gasteiger charge is -2.44. The number of rotatable bonds is 5. The lowest BCUT2D eigenvalue weighted by Crippen LogP contribution is -2.61. The maximum Gasteiger partial charge on any atom is 0.282 e. The smallest absolute Gasteiger partial charge is 0.282 e. The second-order valence-electron chi connectivity index (χ2n) is 7.76. The van der Waals surface area contributed by atoms with Crippen molar-refractivity contribution in [1.82, 2.24) is 9.91 Å². The Morgan fingerprint density at radius 3 is 2.66 bits per heavy atom. The Balaban J connectivity index is 1.48. The Kier molecular flexibility index (Phi) is 5.34. The first-order chi connectivity index (χ1) is 13.9. The number of hydrogen-bond acceptors (Lipinski definition) is 4. The quantitative estimate of drug-likeness (QED) is 0.686. The molecule has 0 radical (unpaired) electrons. The first-order valence-corrected chi connectivity index (χ1v) is 10.2. The van der Waals surface area contributed by atoms with Crippen molar-refractivity contribution in [3.63, 3.8) is 0 Å². The summed E-state index contributed by atoms with van der Waals surface area (Å²) in [6, 6.07) is 5.05. The summed E-state index contributed by atoms with van der Waals surface area (Å²) in [5, 5.41) is 6.53. The van der Waals surface area contributed by atoms with E-state index < -0.39 is 11.7 Å². The van der Waals surface area contributed by atoms with Gasteiger partial charge in [0.2, 0.25) is 5.91 Å². The van der Waals surface area contributed by atoms with Crippen molar-refractivity contribution in [2.75, 3.05) is 20.2 Å². The van der Waals surface area contributed by atoms with Gasteiger partial charge in [-0.05, 0) is 49.5 Å². The van der Waals surface area contributed by atoms with Crippen molar-refractivity contribution in [3.8, 4) is 5.75 Å². The van der Waals surface area contributed by atoms with Crippen molar-refractivity contribution in [3.05, 3.63) is 40.2 Å². The van der Waals surface area contributed by atoms with E-state index >= 15 is 0 Å². The molecule has 2 heterocycles. The number of ether oxygens (including phenoxy) is 1. The lowest BCUT2D eigenvalue weighted by atomic mass is 10.0. The molecule has 2 fully saturated rings. The summed E-state index contributed by atoms with van der Waals surface area (Å²) in [6.45, 7) is 2.25. The third-order valence-electron chi connectivity index (χ3n) is 5.75. The van der Waals surface area contributed by atoms with Crippen molar-refractivity contribution in [2.24, 2.45) is 11.0 Å². The Bertz CT molecular complexity index is 920. The summed E-state index contributed by atoms with van der Waals surface area (Å²) in [7, 11) is 1.56. The van der Waals surface area contributed by atoms with Gasteiger partial charge in [-0.3, -0.25) is 9.59 Å². The van der Waals surface area contributed by atoms with Crippen LogP contribution in [0.5, 0.6) is 5.75 Å². The molecule has 154 valence electrons. The molecule has 1 aliphatic carbocycles. The topological polar surface area (TPSA) is 62.2 Å². The van der Waals surface area contributed by atoms with Crippen LogP contribution in [-0.2, 0) is 9.59 Å². The highest BCUT2D eigenvalue weighted by atomic mass is 35.5. The van der Waals surface area contributed by atoms with E-state index in [2.05, 4.69) is 5.10 Å². The van der Waals surface area contributed by atoms with E-state index in [1.807, 2.05) is 6.07 Å². The van der Waals surface area contributed by atoms with E-state index in [9.17, 15) is 14.0 Å². The van der Waals surface area contributed by atoms with Crippen LogP contribution in [0, 0.1) is 5.92 Å². The van der Waals surface area contributed by atoms with Gasteiger partial charge in [0.05, 0.1) is 18.9 Å². The number of hydrazone groups is 1.